The number of aromatic nitrogens is 2. The van der Waals surface area contributed by atoms with Gasteiger partial charge in [-0.3, -0.25) is 4.99 Å². The maximum Gasteiger partial charge on any atom is 0.219 e. The Bertz CT molecular complexity index is 447. The Hall–Kier alpha value is -1.56. The van der Waals surface area contributed by atoms with Crippen molar-refractivity contribution in [2.45, 2.75) is 27.2 Å². The van der Waals surface area contributed by atoms with E-state index < -0.39 is 0 Å². The van der Waals surface area contributed by atoms with Gasteiger partial charge in [-0.25, -0.2) is 4.68 Å². The average Bonchev–Trinajstić information content (AvgIpc) is 2.68. The summed E-state index contributed by atoms with van der Waals surface area (Å²) in [6.07, 6.45) is 1.08. The standard InChI is InChI=1S/C14H28N6/c1-7-16-14(17-9-8-10-19(5)6)20-12(3)13(15-4)11(2)18-20/h15H,7-10H2,1-6H3,(H,16,17). The zero-order valence-corrected chi connectivity index (χ0v) is 13.6. The van der Waals surface area contributed by atoms with Gasteiger partial charge < -0.3 is 15.5 Å². The number of hydrogen-bond acceptors (Lipinski definition) is 4. The van der Waals surface area contributed by atoms with Crippen molar-refractivity contribution < 1.29 is 0 Å². The highest BCUT2D eigenvalue weighted by Crippen LogP contribution is 2.17. The van der Waals surface area contributed by atoms with E-state index in [0.29, 0.717) is 0 Å². The molecule has 2 N–H and O–H groups in total. The predicted octanol–water partition coefficient (Wildman–Crippen LogP) is 1.31. The van der Waals surface area contributed by atoms with E-state index in [-0.39, 0.29) is 0 Å². The minimum Gasteiger partial charge on any atom is -0.385 e. The van der Waals surface area contributed by atoms with Crippen LogP contribution < -0.4 is 10.6 Å². The van der Waals surface area contributed by atoms with E-state index in [1.807, 2.05) is 25.6 Å². The molecule has 0 aliphatic carbocycles. The smallest absolute Gasteiger partial charge is 0.219 e. The van der Waals surface area contributed by atoms with Crippen LogP contribution in [0.4, 0.5) is 5.69 Å². The summed E-state index contributed by atoms with van der Waals surface area (Å²) in [6.45, 7) is 8.79. The van der Waals surface area contributed by atoms with Crippen molar-refractivity contribution in [3.05, 3.63) is 11.4 Å². The lowest BCUT2D eigenvalue weighted by atomic mass is 10.3. The van der Waals surface area contributed by atoms with E-state index in [1.54, 1.807) is 0 Å². The van der Waals surface area contributed by atoms with Crippen molar-refractivity contribution in [3.8, 4) is 0 Å². The molecule has 0 spiro atoms. The molecule has 20 heavy (non-hydrogen) atoms. The van der Waals surface area contributed by atoms with Gasteiger partial charge in [-0.05, 0) is 47.8 Å². The van der Waals surface area contributed by atoms with Gasteiger partial charge in [0.05, 0.1) is 17.1 Å². The molecule has 1 aromatic heterocycles. The van der Waals surface area contributed by atoms with Gasteiger partial charge in [0.15, 0.2) is 0 Å². The van der Waals surface area contributed by atoms with E-state index in [1.165, 1.54) is 0 Å². The van der Waals surface area contributed by atoms with Crippen LogP contribution in [0.25, 0.3) is 0 Å². The number of nitrogens with zero attached hydrogens (tertiary/aromatic N) is 4. The molecule has 1 aromatic rings. The van der Waals surface area contributed by atoms with Crippen molar-refractivity contribution in [1.29, 1.82) is 0 Å². The number of rotatable bonds is 6. The van der Waals surface area contributed by atoms with Crippen molar-refractivity contribution >= 4 is 11.6 Å². The fraction of sp³-hybridized carbons (Fsp3) is 0.714. The minimum atomic E-state index is 0.739. The van der Waals surface area contributed by atoms with Gasteiger partial charge in [-0.1, -0.05) is 0 Å². The molecule has 6 heteroatoms. The molecule has 114 valence electrons. The SMILES string of the molecule is CC/N=C(/NCCCN(C)C)n1nc(C)c(NC)c1C. The van der Waals surface area contributed by atoms with Gasteiger partial charge in [0.1, 0.15) is 0 Å². The van der Waals surface area contributed by atoms with Gasteiger partial charge in [0.2, 0.25) is 5.96 Å². The molecule has 0 fully saturated rings. The predicted molar refractivity (Wildman–Crippen MR) is 85.8 cm³/mol. The van der Waals surface area contributed by atoms with E-state index in [9.17, 15) is 0 Å². The lowest BCUT2D eigenvalue weighted by Gasteiger charge is -2.13. The number of hydrogen-bond donors (Lipinski definition) is 2. The van der Waals surface area contributed by atoms with Crippen LogP contribution in [0.2, 0.25) is 0 Å². The topological polar surface area (TPSA) is 57.5 Å². The zero-order chi connectivity index (χ0) is 15.1. The molecule has 0 aromatic carbocycles. The molecule has 0 bridgehead atoms. The number of anilines is 1. The molecule has 0 unspecified atom stereocenters. The van der Waals surface area contributed by atoms with Gasteiger partial charge in [0.25, 0.3) is 0 Å². The van der Waals surface area contributed by atoms with E-state index >= 15 is 0 Å². The van der Waals surface area contributed by atoms with Crippen molar-refractivity contribution in [2.24, 2.45) is 4.99 Å². The maximum absolute atomic E-state index is 4.56. The van der Waals surface area contributed by atoms with Crippen LogP contribution in [-0.4, -0.2) is 61.4 Å². The summed E-state index contributed by atoms with van der Waals surface area (Å²) in [7, 11) is 6.09. The molecule has 1 heterocycles. The van der Waals surface area contributed by atoms with E-state index in [2.05, 4.69) is 46.6 Å². The molecule has 1 rings (SSSR count). The van der Waals surface area contributed by atoms with Crippen molar-refractivity contribution in [1.82, 2.24) is 20.0 Å². The lowest BCUT2D eigenvalue weighted by molar-refractivity contribution is 0.399. The summed E-state index contributed by atoms with van der Waals surface area (Å²) in [6, 6.07) is 0. The van der Waals surface area contributed by atoms with Gasteiger partial charge >= 0.3 is 0 Å². The van der Waals surface area contributed by atoms with Crippen LogP contribution >= 0.6 is 0 Å². The van der Waals surface area contributed by atoms with Gasteiger partial charge in [0, 0.05) is 20.1 Å². The molecule has 0 aliphatic rings. The third-order valence-corrected chi connectivity index (χ3v) is 3.12. The van der Waals surface area contributed by atoms with Crippen LogP contribution in [0.5, 0.6) is 0 Å². The third kappa shape index (κ3) is 4.23. The normalized spacial score (nSPS) is 12.1. The molecule has 0 aliphatic heterocycles. The van der Waals surface area contributed by atoms with Crippen LogP contribution in [0.15, 0.2) is 4.99 Å². The van der Waals surface area contributed by atoms with E-state index in [4.69, 9.17) is 0 Å². The highest BCUT2D eigenvalue weighted by Gasteiger charge is 2.13. The maximum atomic E-state index is 4.56. The summed E-state index contributed by atoms with van der Waals surface area (Å²) >= 11 is 0. The Morgan fingerprint density at radius 3 is 2.55 bits per heavy atom. The Balaban J connectivity index is 2.79. The summed E-state index contributed by atoms with van der Waals surface area (Å²) in [4.78, 5) is 6.71. The number of aryl methyl sites for hydroxylation is 1. The first-order valence-electron chi connectivity index (χ1n) is 7.18. The Kier molecular flexibility index (Phi) is 6.51. The summed E-state index contributed by atoms with van der Waals surface area (Å²) in [5, 5.41) is 11.1. The first-order chi connectivity index (χ1) is 9.51. The molecule has 0 saturated heterocycles. The highest BCUT2D eigenvalue weighted by molar-refractivity contribution is 5.83. The first kappa shape index (κ1) is 16.5. The quantitative estimate of drug-likeness (QED) is 0.468. The monoisotopic (exact) mass is 280 g/mol. The first-order valence-corrected chi connectivity index (χ1v) is 7.18. The van der Waals surface area contributed by atoms with Crippen LogP contribution in [0.1, 0.15) is 24.7 Å². The van der Waals surface area contributed by atoms with Crippen LogP contribution in [-0.2, 0) is 0 Å². The Labute approximate surface area is 122 Å². The van der Waals surface area contributed by atoms with Crippen LogP contribution in [0, 0.1) is 13.8 Å². The van der Waals surface area contributed by atoms with Crippen molar-refractivity contribution in [3.63, 3.8) is 0 Å². The molecule has 0 amide bonds. The van der Waals surface area contributed by atoms with Gasteiger partial charge in [-0.15, -0.1) is 0 Å². The molecule has 6 nitrogen and oxygen atoms in total. The second-order valence-electron chi connectivity index (χ2n) is 5.09. The Morgan fingerprint density at radius 2 is 2.05 bits per heavy atom. The molecule has 0 saturated carbocycles. The average molecular weight is 280 g/mol. The summed E-state index contributed by atoms with van der Waals surface area (Å²) < 4.78 is 1.89. The third-order valence-electron chi connectivity index (χ3n) is 3.12. The number of aliphatic imine (C=N–C) groups is 1. The molecule has 0 atom stereocenters. The summed E-state index contributed by atoms with van der Waals surface area (Å²) in [5.74, 6) is 0.827. The largest absolute Gasteiger partial charge is 0.385 e. The Morgan fingerprint density at radius 1 is 1.35 bits per heavy atom. The molecular formula is C14H28N6. The second kappa shape index (κ2) is 7.89. The van der Waals surface area contributed by atoms with Crippen LogP contribution in [0.3, 0.4) is 0 Å². The molecule has 0 radical (unpaired) electrons. The highest BCUT2D eigenvalue weighted by atomic mass is 15.4. The fourth-order valence-corrected chi connectivity index (χ4v) is 2.15. The lowest BCUT2D eigenvalue weighted by Crippen LogP contribution is -2.34. The fourth-order valence-electron chi connectivity index (χ4n) is 2.15. The number of nitrogens with one attached hydrogen (secondary N) is 2. The molecular weight excluding hydrogens is 252 g/mol. The zero-order valence-electron chi connectivity index (χ0n) is 13.6. The van der Waals surface area contributed by atoms with Crippen molar-refractivity contribution in [2.75, 3.05) is 46.1 Å². The summed E-state index contributed by atoms with van der Waals surface area (Å²) in [5.41, 5.74) is 3.14. The second-order valence-corrected chi connectivity index (χ2v) is 5.09. The van der Waals surface area contributed by atoms with E-state index in [0.717, 1.165) is 49.1 Å². The minimum absolute atomic E-state index is 0.739. The van der Waals surface area contributed by atoms with Gasteiger partial charge in [-0.2, -0.15) is 5.10 Å².